The molecule has 0 unspecified atom stereocenters. The number of aryl methyl sites for hydroxylation is 1. The molecule has 2 rings (SSSR count). The molecule has 2 amide bonds. The van der Waals surface area contributed by atoms with Crippen molar-refractivity contribution in [2.45, 2.75) is 59.2 Å². The lowest BCUT2D eigenvalue weighted by molar-refractivity contribution is -0.122. The van der Waals surface area contributed by atoms with Crippen molar-refractivity contribution >= 4 is 22.7 Å². The van der Waals surface area contributed by atoms with Crippen molar-refractivity contribution in [3.63, 3.8) is 0 Å². The van der Waals surface area contributed by atoms with Crippen LogP contribution in [0.2, 0.25) is 0 Å². The van der Waals surface area contributed by atoms with Crippen LogP contribution in [0.1, 0.15) is 51.0 Å². The van der Waals surface area contributed by atoms with Crippen molar-refractivity contribution < 1.29 is 14.7 Å². The number of para-hydroxylation sites is 1. The van der Waals surface area contributed by atoms with Crippen molar-refractivity contribution in [3.8, 4) is 0 Å². The van der Waals surface area contributed by atoms with Crippen LogP contribution in [0, 0.1) is 5.41 Å². The third kappa shape index (κ3) is 4.60. The van der Waals surface area contributed by atoms with E-state index in [1.807, 2.05) is 45.0 Å². The summed E-state index contributed by atoms with van der Waals surface area (Å²) in [6.45, 7) is 7.87. The predicted molar refractivity (Wildman–Crippen MR) is 101 cm³/mol. The predicted octanol–water partition coefficient (Wildman–Crippen LogP) is 1.83. The highest BCUT2D eigenvalue weighted by Gasteiger charge is 2.32. The van der Waals surface area contributed by atoms with Gasteiger partial charge in [-0.2, -0.15) is 5.10 Å². The van der Waals surface area contributed by atoms with Gasteiger partial charge in [0.2, 0.25) is 5.91 Å². The highest BCUT2D eigenvalue weighted by molar-refractivity contribution is 6.06. The zero-order chi connectivity index (χ0) is 19.5. The number of nitrogens with two attached hydrogens (primary N) is 1. The maximum Gasteiger partial charge on any atom is 0.273 e. The number of hydrogen-bond acceptors (Lipinski definition) is 4. The molecule has 0 aliphatic carbocycles. The zero-order valence-corrected chi connectivity index (χ0v) is 15.8. The summed E-state index contributed by atoms with van der Waals surface area (Å²) >= 11 is 0. The van der Waals surface area contributed by atoms with Crippen LogP contribution in [-0.4, -0.2) is 38.8 Å². The number of amides is 2. The summed E-state index contributed by atoms with van der Waals surface area (Å²) in [5.74, 6) is -0.999. The number of hydrogen-bond donors (Lipinski definition) is 3. The number of rotatable bonds is 7. The van der Waals surface area contributed by atoms with Crippen LogP contribution < -0.4 is 11.1 Å². The molecular formula is C19H28N4O3. The Balaban J connectivity index is 2.31. The minimum atomic E-state index is -0.797. The first-order valence-corrected chi connectivity index (χ1v) is 8.85. The highest BCUT2D eigenvalue weighted by Crippen LogP contribution is 2.22. The second-order valence-corrected chi connectivity index (χ2v) is 7.76. The summed E-state index contributed by atoms with van der Waals surface area (Å²) in [6.07, 6.45) is 1.03. The number of fused-ring (bicyclic) bond motifs is 1. The summed E-state index contributed by atoms with van der Waals surface area (Å²) in [6, 6.07) is 6.67. The quantitative estimate of drug-likeness (QED) is 0.699. The van der Waals surface area contributed by atoms with Gasteiger partial charge in [0.15, 0.2) is 5.69 Å². The first kappa shape index (κ1) is 19.9. The van der Waals surface area contributed by atoms with Crippen LogP contribution in [0.3, 0.4) is 0 Å². The van der Waals surface area contributed by atoms with Gasteiger partial charge in [-0.1, -0.05) is 39.0 Å². The summed E-state index contributed by atoms with van der Waals surface area (Å²) < 4.78 is 1.77. The van der Waals surface area contributed by atoms with E-state index < -0.39 is 23.3 Å². The van der Waals surface area contributed by atoms with Crippen molar-refractivity contribution in [3.05, 3.63) is 30.0 Å². The van der Waals surface area contributed by atoms with Gasteiger partial charge in [-0.3, -0.25) is 14.3 Å². The molecule has 2 aromatic rings. The van der Waals surface area contributed by atoms with Gasteiger partial charge in [-0.15, -0.1) is 0 Å². The van der Waals surface area contributed by atoms with Crippen LogP contribution in [0.4, 0.5) is 0 Å². The van der Waals surface area contributed by atoms with E-state index in [2.05, 4.69) is 10.4 Å². The van der Waals surface area contributed by atoms with Crippen molar-refractivity contribution in [1.29, 1.82) is 0 Å². The molecule has 1 aromatic heterocycles. The molecule has 0 aliphatic heterocycles. The molecule has 0 aliphatic rings. The van der Waals surface area contributed by atoms with Crippen LogP contribution in [-0.2, 0) is 11.3 Å². The molecule has 0 spiro atoms. The summed E-state index contributed by atoms with van der Waals surface area (Å²) in [4.78, 5) is 24.5. The summed E-state index contributed by atoms with van der Waals surface area (Å²) in [5, 5.41) is 17.3. The van der Waals surface area contributed by atoms with E-state index in [1.165, 1.54) is 0 Å². The molecule has 0 bridgehead atoms. The Kier molecular flexibility index (Phi) is 6.02. The molecule has 4 N–H and O–H groups in total. The molecule has 2 atom stereocenters. The molecule has 26 heavy (non-hydrogen) atoms. The van der Waals surface area contributed by atoms with Gasteiger partial charge >= 0.3 is 0 Å². The molecule has 1 heterocycles. The van der Waals surface area contributed by atoms with Gasteiger partial charge < -0.3 is 16.2 Å². The third-order valence-corrected chi connectivity index (χ3v) is 4.29. The Hall–Kier alpha value is -2.41. The van der Waals surface area contributed by atoms with Gasteiger partial charge in [0, 0.05) is 11.9 Å². The summed E-state index contributed by atoms with van der Waals surface area (Å²) in [7, 11) is 0. The number of nitrogens with one attached hydrogen (secondary N) is 1. The van der Waals surface area contributed by atoms with Gasteiger partial charge in [0.25, 0.3) is 5.91 Å². The van der Waals surface area contributed by atoms with E-state index in [9.17, 15) is 14.7 Å². The SMILES string of the molecule is C[C@@H](O)CCCn1nc(C(=O)N[C@@H](C(N)=O)C(C)(C)C)c2ccccc21. The first-order chi connectivity index (χ1) is 12.1. The molecule has 142 valence electrons. The Morgan fingerprint density at radius 1 is 1.31 bits per heavy atom. The number of aromatic nitrogens is 2. The lowest BCUT2D eigenvalue weighted by Gasteiger charge is -2.28. The van der Waals surface area contributed by atoms with E-state index in [-0.39, 0.29) is 11.8 Å². The molecule has 0 saturated carbocycles. The largest absolute Gasteiger partial charge is 0.393 e. The monoisotopic (exact) mass is 360 g/mol. The zero-order valence-electron chi connectivity index (χ0n) is 15.8. The van der Waals surface area contributed by atoms with Crippen LogP contribution >= 0.6 is 0 Å². The number of aliphatic hydroxyl groups is 1. The fourth-order valence-electron chi connectivity index (χ4n) is 2.92. The highest BCUT2D eigenvalue weighted by atomic mass is 16.3. The van der Waals surface area contributed by atoms with Crippen molar-refractivity contribution in [1.82, 2.24) is 15.1 Å². The van der Waals surface area contributed by atoms with Gasteiger partial charge in [-0.25, -0.2) is 0 Å². The third-order valence-electron chi connectivity index (χ3n) is 4.29. The van der Waals surface area contributed by atoms with E-state index >= 15 is 0 Å². The molecule has 0 fully saturated rings. The minimum absolute atomic E-state index is 0.271. The molecule has 0 saturated heterocycles. The smallest absolute Gasteiger partial charge is 0.273 e. The standard InChI is InChI=1S/C19H28N4O3/c1-12(24)8-7-11-23-14-10-6-5-9-13(14)15(22-23)18(26)21-16(17(20)25)19(2,3)4/h5-6,9-10,12,16,24H,7-8,11H2,1-4H3,(H2,20,25)(H,21,26)/t12-,16+/m1/s1. The van der Waals surface area contributed by atoms with E-state index in [0.29, 0.717) is 13.0 Å². The van der Waals surface area contributed by atoms with Crippen LogP contribution in [0.25, 0.3) is 10.9 Å². The lowest BCUT2D eigenvalue weighted by atomic mass is 9.86. The second-order valence-electron chi connectivity index (χ2n) is 7.76. The number of benzene rings is 1. The fourth-order valence-corrected chi connectivity index (χ4v) is 2.92. The normalized spacial score (nSPS) is 14.2. The van der Waals surface area contributed by atoms with Crippen molar-refractivity contribution in [2.24, 2.45) is 11.1 Å². The number of carbonyl (C=O) groups is 2. The Morgan fingerprint density at radius 3 is 2.54 bits per heavy atom. The molecule has 7 heteroatoms. The topological polar surface area (TPSA) is 110 Å². The molecular weight excluding hydrogens is 332 g/mol. The van der Waals surface area contributed by atoms with E-state index in [1.54, 1.807) is 11.6 Å². The lowest BCUT2D eigenvalue weighted by Crippen LogP contribution is -2.52. The number of carbonyl (C=O) groups excluding carboxylic acids is 2. The molecule has 1 aromatic carbocycles. The van der Waals surface area contributed by atoms with Gasteiger partial charge in [0.05, 0.1) is 11.6 Å². The van der Waals surface area contributed by atoms with Crippen LogP contribution in [0.5, 0.6) is 0 Å². The van der Waals surface area contributed by atoms with E-state index in [0.717, 1.165) is 17.3 Å². The number of primary amides is 1. The van der Waals surface area contributed by atoms with Crippen LogP contribution in [0.15, 0.2) is 24.3 Å². The second kappa shape index (κ2) is 7.86. The maximum atomic E-state index is 12.8. The number of aliphatic hydroxyl groups excluding tert-OH is 1. The van der Waals surface area contributed by atoms with Gasteiger partial charge in [-0.05, 0) is 31.2 Å². The fraction of sp³-hybridized carbons (Fsp3) is 0.526. The van der Waals surface area contributed by atoms with E-state index in [4.69, 9.17) is 5.73 Å². The Morgan fingerprint density at radius 2 is 1.96 bits per heavy atom. The summed E-state index contributed by atoms with van der Waals surface area (Å²) in [5.41, 5.74) is 6.07. The average molecular weight is 360 g/mol. The van der Waals surface area contributed by atoms with Crippen molar-refractivity contribution in [2.75, 3.05) is 0 Å². The molecule has 7 nitrogen and oxygen atoms in total. The Labute approximate surface area is 153 Å². The van der Waals surface area contributed by atoms with Gasteiger partial charge in [0.1, 0.15) is 6.04 Å². The Bertz CT molecular complexity index is 790. The number of nitrogens with zero attached hydrogens (tertiary/aromatic N) is 2. The first-order valence-electron chi connectivity index (χ1n) is 8.85. The molecule has 0 radical (unpaired) electrons. The maximum absolute atomic E-state index is 12.8. The minimum Gasteiger partial charge on any atom is -0.393 e. The average Bonchev–Trinajstić information content (AvgIpc) is 2.90.